The third-order valence-corrected chi connectivity index (χ3v) is 4.65. The number of amides is 1. The SMILES string of the molecule is O=C(Nc1cccc2cccc(O)c12)c1cn(CCN2CCOCC2)nn1. The Kier molecular flexibility index (Phi) is 4.99. The minimum Gasteiger partial charge on any atom is -0.507 e. The van der Waals surface area contributed by atoms with E-state index in [0.29, 0.717) is 17.6 Å². The van der Waals surface area contributed by atoms with Crippen LogP contribution in [0.4, 0.5) is 5.69 Å². The van der Waals surface area contributed by atoms with Crippen molar-refractivity contribution in [2.24, 2.45) is 0 Å². The number of nitrogens with one attached hydrogen (secondary N) is 1. The summed E-state index contributed by atoms with van der Waals surface area (Å²) in [4.78, 5) is 14.8. The summed E-state index contributed by atoms with van der Waals surface area (Å²) in [5, 5.41) is 22.4. The topological polar surface area (TPSA) is 92.5 Å². The van der Waals surface area contributed by atoms with E-state index in [-0.39, 0.29) is 17.4 Å². The lowest BCUT2D eigenvalue weighted by molar-refractivity contribution is 0.0359. The van der Waals surface area contributed by atoms with Gasteiger partial charge in [0.15, 0.2) is 5.69 Å². The molecule has 1 aromatic heterocycles. The summed E-state index contributed by atoms with van der Waals surface area (Å²) >= 11 is 0. The predicted octanol–water partition coefficient (Wildman–Crippen LogP) is 1.72. The number of phenolic OH excluding ortho intramolecular Hbond substituents is 1. The van der Waals surface area contributed by atoms with Crippen LogP contribution in [0.25, 0.3) is 10.8 Å². The number of benzene rings is 2. The molecule has 1 aliphatic heterocycles. The van der Waals surface area contributed by atoms with Gasteiger partial charge in [-0.2, -0.15) is 0 Å². The number of carbonyl (C=O) groups is 1. The fraction of sp³-hybridized carbons (Fsp3) is 0.316. The van der Waals surface area contributed by atoms with Crippen LogP contribution in [-0.4, -0.2) is 63.8 Å². The first-order valence-electron chi connectivity index (χ1n) is 8.93. The molecular formula is C19H21N5O3. The van der Waals surface area contributed by atoms with Crippen LogP contribution in [0, 0.1) is 0 Å². The Hall–Kier alpha value is -2.97. The Bertz CT molecular complexity index is 944. The van der Waals surface area contributed by atoms with E-state index in [9.17, 15) is 9.90 Å². The predicted molar refractivity (Wildman–Crippen MR) is 101 cm³/mol. The van der Waals surface area contributed by atoms with Gasteiger partial charge in [-0.15, -0.1) is 5.10 Å². The Morgan fingerprint density at radius 2 is 1.93 bits per heavy atom. The van der Waals surface area contributed by atoms with E-state index in [1.807, 2.05) is 18.2 Å². The molecule has 4 rings (SSSR count). The smallest absolute Gasteiger partial charge is 0.277 e. The number of phenols is 1. The number of hydrogen-bond donors (Lipinski definition) is 2. The lowest BCUT2D eigenvalue weighted by Gasteiger charge is -2.26. The molecule has 0 atom stereocenters. The first kappa shape index (κ1) is 17.4. The van der Waals surface area contributed by atoms with E-state index in [1.165, 1.54) is 0 Å². The number of hydrogen-bond acceptors (Lipinski definition) is 6. The number of nitrogens with zero attached hydrogens (tertiary/aromatic N) is 4. The van der Waals surface area contributed by atoms with Gasteiger partial charge in [-0.05, 0) is 17.5 Å². The molecule has 8 heteroatoms. The molecular weight excluding hydrogens is 346 g/mol. The van der Waals surface area contributed by atoms with Crippen molar-refractivity contribution in [3.63, 3.8) is 0 Å². The number of aromatic hydroxyl groups is 1. The monoisotopic (exact) mass is 367 g/mol. The Balaban J connectivity index is 1.44. The standard InChI is InChI=1S/C19H21N5O3/c25-17-6-2-4-14-3-1-5-15(18(14)17)20-19(26)16-13-24(22-21-16)8-7-23-9-11-27-12-10-23/h1-6,13,25H,7-12H2,(H,20,26). The molecule has 0 radical (unpaired) electrons. The summed E-state index contributed by atoms with van der Waals surface area (Å²) in [5.41, 5.74) is 0.780. The van der Waals surface area contributed by atoms with Crippen molar-refractivity contribution >= 4 is 22.4 Å². The van der Waals surface area contributed by atoms with Crippen molar-refractivity contribution in [1.82, 2.24) is 19.9 Å². The summed E-state index contributed by atoms with van der Waals surface area (Å²) < 4.78 is 7.01. The second kappa shape index (κ2) is 7.73. The van der Waals surface area contributed by atoms with Crippen LogP contribution in [0.3, 0.4) is 0 Å². The fourth-order valence-electron chi connectivity index (χ4n) is 3.19. The highest BCUT2D eigenvalue weighted by Gasteiger charge is 2.15. The van der Waals surface area contributed by atoms with Gasteiger partial charge in [0.25, 0.3) is 5.91 Å². The Morgan fingerprint density at radius 3 is 2.74 bits per heavy atom. The fourth-order valence-corrected chi connectivity index (χ4v) is 3.19. The van der Waals surface area contributed by atoms with Crippen LogP contribution in [0.5, 0.6) is 5.75 Å². The second-order valence-electron chi connectivity index (χ2n) is 6.46. The highest BCUT2D eigenvalue weighted by atomic mass is 16.5. The van der Waals surface area contributed by atoms with Crippen LogP contribution >= 0.6 is 0 Å². The van der Waals surface area contributed by atoms with Crippen molar-refractivity contribution in [1.29, 1.82) is 0 Å². The molecule has 140 valence electrons. The molecule has 8 nitrogen and oxygen atoms in total. The number of carbonyl (C=O) groups excluding carboxylic acids is 1. The molecule has 27 heavy (non-hydrogen) atoms. The van der Waals surface area contributed by atoms with E-state index in [1.54, 1.807) is 29.1 Å². The summed E-state index contributed by atoms with van der Waals surface area (Å²) in [5.74, 6) is -0.235. The molecule has 2 N–H and O–H groups in total. The van der Waals surface area contributed by atoms with E-state index in [2.05, 4.69) is 20.5 Å². The van der Waals surface area contributed by atoms with Crippen molar-refractivity contribution < 1.29 is 14.6 Å². The Morgan fingerprint density at radius 1 is 1.15 bits per heavy atom. The average molecular weight is 367 g/mol. The van der Waals surface area contributed by atoms with Crippen LogP contribution in [0.2, 0.25) is 0 Å². The maximum atomic E-state index is 12.6. The minimum atomic E-state index is -0.358. The number of fused-ring (bicyclic) bond motifs is 1. The zero-order valence-corrected chi connectivity index (χ0v) is 14.8. The maximum Gasteiger partial charge on any atom is 0.277 e. The van der Waals surface area contributed by atoms with Gasteiger partial charge >= 0.3 is 0 Å². The zero-order valence-electron chi connectivity index (χ0n) is 14.8. The van der Waals surface area contributed by atoms with E-state index < -0.39 is 0 Å². The molecule has 1 fully saturated rings. The molecule has 1 amide bonds. The van der Waals surface area contributed by atoms with Gasteiger partial charge in [-0.1, -0.05) is 29.5 Å². The summed E-state index contributed by atoms with van der Waals surface area (Å²) in [6.07, 6.45) is 1.64. The molecule has 1 aliphatic rings. The van der Waals surface area contributed by atoms with Crippen molar-refractivity contribution in [3.8, 4) is 5.75 Å². The number of ether oxygens (including phenoxy) is 1. The first-order chi connectivity index (χ1) is 13.2. The summed E-state index contributed by atoms with van der Waals surface area (Å²) in [6.45, 7) is 4.82. The van der Waals surface area contributed by atoms with E-state index >= 15 is 0 Å². The van der Waals surface area contributed by atoms with Gasteiger partial charge in [0.1, 0.15) is 5.75 Å². The molecule has 3 aromatic rings. The molecule has 0 aliphatic carbocycles. The zero-order chi connectivity index (χ0) is 18.6. The van der Waals surface area contributed by atoms with Crippen molar-refractivity contribution in [2.45, 2.75) is 6.54 Å². The van der Waals surface area contributed by atoms with Gasteiger partial charge in [0.2, 0.25) is 0 Å². The Labute approximate surface area is 156 Å². The highest BCUT2D eigenvalue weighted by molar-refractivity contribution is 6.09. The van der Waals surface area contributed by atoms with Gasteiger partial charge < -0.3 is 15.2 Å². The molecule has 0 saturated carbocycles. The maximum absolute atomic E-state index is 12.6. The van der Waals surface area contributed by atoms with E-state index in [4.69, 9.17) is 4.74 Å². The van der Waals surface area contributed by atoms with Gasteiger partial charge in [0.05, 0.1) is 31.6 Å². The van der Waals surface area contributed by atoms with E-state index in [0.717, 1.165) is 38.2 Å². The van der Waals surface area contributed by atoms with Gasteiger partial charge in [0, 0.05) is 25.0 Å². The normalized spacial score (nSPS) is 15.1. The average Bonchev–Trinajstić information content (AvgIpc) is 3.17. The van der Waals surface area contributed by atoms with Crippen molar-refractivity contribution in [2.75, 3.05) is 38.2 Å². The summed E-state index contributed by atoms with van der Waals surface area (Å²) in [7, 11) is 0. The third-order valence-electron chi connectivity index (χ3n) is 4.65. The van der Waals surface area contributed by atoms with Crippen LogP contribution in [0.1, 0.15) is 10.5 Å². The number of rotatable bonds is 5. The molecule has 2 aromatic carbocycles. The van der Waals surface area contributed by atoms with Gasteiger partial charge in [-0.3, -0.25) is 14.4 Å². The molecule has 1 saturated heterocycles. The number of anilines is 1. The van der Waals surface area contributed by atoms with Crippen LogP contribution in [-0.2, 0) is 11.3 Å². The van der Waals surface area contributed by atoms with Gasteiger partial charge in [-0.25, -0.2) is 0 Å². The minimum absolute atomic E-state index is 0.123. The van der Waals surface area contributed by atoms with Crippen LogP contribution in [0.15, 0.2) is 42.6 Å². The number of morpholine rings is 1. The lowest BCUT2D eigenvalue weighted by atomic mass is 10.1. The lowest BCUT2D eigenvalue weighted by Crippen LogP contribution is -2.38. The quantitative estimate of drug-likeness (QED) is 0.713. The van der Waals surface area contributed by atoms with Crippen molar-refractivity contribution in [3.05, 3.63) is 48.3 Å². The third kappa shape index (κ3) is 3.91. The molecule has 2 heterocycles. The molecule has 0 unspecified atom stereocenters. The second-order valence-corrected chi connectivity index (χ2v) is 6.46. The molecule has 0 spiro atoms. The molecule has 0 bridgehead atoms. The first-order valence-corrected chi connectivity index (χ1v) is 8.93. The summed E-state index contributed by atoms with van der Waals surface area (Å²) in [6, 6.07) is 10.7. The highest BCUT2D eigenvalue weighted by Crippen LogP contribution is 2.31. The largest absolute Gasteiger partial charge is 0.507 e. The van der Waals surface area contributed by atoms with Crippen LogP contribution < -0.4 is 5.32 Å². The number of aromatic nitrogens is 3.